The summed E-state index contributed by atoms with van der Waals surface area (Å²) in [4.78, 5) is 0. The summed E-state index contributed by atoms with van der Waals surface area (Å²) in [5.74, 6) is 0.635. The van der Waals surface area contributed by atoms with Crippen LogP contribution in [-0.2, 0) is 29.1 Å². The first-order chi connectivity index (χ1) is 13.2. The summed E-state index contributed by atoms with van der Waals surface area (Å²) in [7, 11) is -5.85. The zero-order valence-corrected chi connectivity index (χ0v) is 19.0. The van der Waals surface area contributed by atoms with Gasteiger partial charge in [0.1, 0.15) is 0 Å². The molecule has 28 heavy (non-hydrogen) atoms. The van der Waals surface area contributed by atoms with Crippen molar-refractivity contribution in [3.05, 3.63) is 0 Å². The Morgan fingerprint density at radius 1 is 0.750 bits per heavy atom. The van der Waals surface area contributed by atoms with E-state index < -0.39 is 19.7 Å². The maximum atomic E-state index is 11.4. The summed E-state index contributed by atoms with van der Waals surface area (Å²) >= 11 is 10.2. The number of rotatable bonds is 9. The summed E-state index contributed by atoms with van der Waals surface area (Å²) in [5, 5.41) is 6.41. The summed E-state index contributed by atoms with van der Waals surface area (Å²) < 4.78 is 56.4. The first-order valence-corrected chi connectivity index (χ1v) is 13.9. The van der Waals surface area contributed by atoms with E-state index in [-0.39, 0.29) is 45.4 Å². The Morgan fingerprint density at radius 3 is 1.46 bits per heavy atom. The molecule has 0 amide bonds. The molecule has 2 saturated heterocycles. The largest absolute Gasteiger partial charge is 0.471 e. The van der Waals surface area contributed by atoms with Gasteiger partial charge in [0.15, 0.2) is 19.7 Å². The Morgan fingerprint density at radius 2 is 1.14 bits per heavy atom. The Hall–Kier alpha value is -0.720. The normalized spacial score (nSPS) is 25.1. The Bertz CT molecular complexity index is 689. The van der Waals surface area contributed by atoms with Crippen LogP contribution in [0.1, 0.15) is 38.5 Å². The van der Waals surface area contributed by atoms with Crippen LogP contribution in [0.15, 0.2) is 0 Å². The van der Waals surface area contributed by atoms with Gasteiger partial charge in [-0.05, 0) is 63.0 Å². The SMILES string of the molecule is O=S1(=O)CCC(NC(=S)OCCCCCCOC(=S)NC2CCS(=O)(=O)C2)C1. The van der Waals surface area contributed by atoms with Crippen molar-refractivity contribution in [2.24, 2.45) is 0 Å². The van der Waals surface area contributed by atoms with Gasteiger partial charge in [-0.3, -0.25) is 0 Å². The van der Waals surface area contributed by atoms with Crippen LogP contribution in [0.2, 0.25) is 0 Å². The lowest BCUT2D eigenvalue weighted by molar-refractivity contribution is 0.267. The molecule has 2 N–H and O–H groups in total. The molecule has 2 unspecified atom stereocenters. The molecule has 0 spiro atoms. The zero-order valence-electron chi connectivity index (χ0n) is 15.7. The van der Waals surface area contributed by atoms with Gasteiger partial charge in [0, 0.05) is 12.1 Å². The first-order valence-electron chi connectivity index (χ1n) is 9.43. The molecule has 2 rings (SSSR count). The molecule has 0 aromatic heterocycles. The lowest BCUT2D eigenvalue weighted by Gasteiger charge is -2.14. The number of sulfone groups is 2. The molecule has 162 valence electrons. The highest BCUT2D eigenvalue weighted by atomic mass is 32.2. The number of ether oxygens (including phenoxy) is 2. The van der Waals surface area contributed by atoms with E-state index in [1.807, 2.05) is 0 Å². The van der Waals surface area contributed by atoms with Gasteiger partial charge < -0.3 is 20.1 Å². The third-order valence-corrected chi connectivity index (χ3v) is 8.62. The van der Waals surface area contributed by atoms with Crippen LogP contribution < -0.4 is 10.6 Å². The van der Waals surface area contributed by atoms with E-state index in [9.17, 15) is 16.8 Å². The molecule has 12 heteroatoms. The van der Waals surface area contributed by atoms with Crippen LogP contribution in [0.3, 0.4) is 0 Å². The fraction of sp³-hybridized carbons (Fsp3) is 0.875. The van der Waals surface area contributed by atoms with Crippen molar-refractivity contribution < 1.29 is 26.3 Å². The lowest BCUT2D eigenvalue weighted by atomic mass is 10.2. The minimum absolute atomic E-state index is 0.115. The second-order valence-electron chi connectivity index (χ2n) is 7.17. The summed E-state index contributed by atoms with van der Waals surface area (Å²) in [6.45, 7) is 0.977. The molecule has 2 aliphatic heterocycles. The minimum Gasteiger partial charge on any atom is -0.471 e. The molecule has 0 saturated carbocycles. The van der Waals surface area contributed by atoms with Crippen LogP contribution in [0.25, 0.3) is 0 Å². The minimum atomic E-state index is -2.93. The van der Waals surface area contributed by atoms with Gasteiger partial charge >= 0.3 is 0 Å². The van der Waals surface area contributed by atoms with E-state index in [1.165, 1.54) is 0 Å². The highest BCUT2D eigenvalue weighted by Gasteiger charge is 2.29. The molecule has 0 radical (unpaired) electrons. The summed E-state index contributed by atoms with van der Waals surface area (Å²) in [6, 6.07) is -0.284. The second-order valence-corrected chi connectivity index (χ2v) is 12.4. The van der Waals surface area contributed by atoms with Crippen LogP contribution >= 0.6 is 24.4 Å². The van der Waals surface area contributed by atoms with E-state index in [1.54, 1.807) is 0 Å². The van der Waals surface area contributed by atoms with Gasteiger partial charge in [-0.1, -0.05) is 0 Å². The van der Waals surface area contributed by atoms with Crippen molar-refractivity contribution in [1.29, 1.82) is 0 Å². The topological polar surface area (TPSA) is 111 Å². The average Bonchev–Trinajstić information content (AvgIpc) is 3.10. The predicted octanol–water partition coefficient (Wildman–Crippen LogP) is 0.703. The molecule has 0 bridgehead atoms. The van der Waals surface area contributed by atoms with Crippen LogP contribution in [0.5, 0.6) is 0 Å². The molecule has 2 aliphatic rings. The van der Waals surface area contributed by atoms with E-state index in [0.29, 0.717) is 26.1 Å². The van der Waals surface area contributed by atoms with Crippen LogP contribution in [0, 0.1) is 0 Å². The molecule has 2 heterocycles. The van der Waals surface area contributed by atoms with Crippen LogP contribution in [0.4, 0.5) is 0 Å². The Balaban J connectivity index is 1.41. The second kappa shape index (κ2) is 10.9. The van der Waals surface area contributed by atoms with Gasteiger partial charge in [-0.15, -0.1) is 0 Å². The Kier molecular flexibility index (Phi) is 9.16. The first kappa shape index (κ1) is 23.6. The van der Waals surface area contributed by atoms with E-state index in [2.05, 4.69) is 10.6 Å². The van der Waals surface area contributed by atoms with Gasteiger partial charge in [-0.2, -0.15) is 0 Å². The predicted molar refractivity (Wildman–Crippen MR) is 116 cm³/mol. The molecular weight excluding hydrogens is 444 g/mol. The van der Waals surface area contributed by atoms with E-state index in [0.717, 1.165) is 25.7 Å². The van der Waals surface area contributed by atoms with Crippen molar-refractivity contribution in [3.63, 3.8) is 0 Å². The van der Waals surface area contributed by atoms with Crippen molar-refractivity contribution >= 4 is 54.5 Å². The third kappa shape index (κ3) is 9.19. The smallest absolute Gasteiger partial charge is 0.256 e. The summed E-state index contributed by atoms with van der Waals surface area (Å²) in [5.41, 5.74) is 0. The molecular formula is C16H28N2O6S4. The number of hydrogen-bond acceptors (Lipinski definition) is 8. The maximum Gasteiger partial charge on any atom is 0.256 e. The molecule has 0 aromatic rings. The van der Waals surface area contributed by atoms with E-state index in [4.69, 9.17) is 33.9 Å². The van der Waals surface area contributed by atoms with Gasteiger partial charge in [0.25, 0.3) is 10.3 Å². The zero-order chi connectivity index (χ0) is 20.6. The van der Waals surface area contributed by atoms with Gasteiger partial charge in [-0.25, -0.2) is 16.8 Å². The highest BCUT2D eigenvalue weighted by molar-refractivity contribution is 7.92. The lowest BCUT2D eigenvalue weighted by Crippen LogP contribution is -2.36. The number of nitrogens with one attached hydrogen (secondary N) is 2. The standard InChI is InChI=1S/C16H28N2O6S4/c19-27(20)9-5-13(11-27)17-15(25)23-7-3-1-2-4-8-24-16(26)18-14-6-10-28(21,22)12-14/h13-14H,1-12H2,(H,17,25)(H,18,26). The quantitative estimate of drug-likeness (QED) is 0.367. The maximum absolute atomic E-state index is 11.4. The Labute approximate surface area is 177 Å². The van der Waals surface area contributed by atoms with Crippen LogP contribution in [-0.4, -0.2) is 75.5 Å². The summed E-state index contributed by atoms with van der Waals surface area (Å²) in [6.07, 6.45) is 4.72. The average molecular weight is 473 g/mol. The number of thiocarbonyl (C=S) groups is 2. The third-order valence-electron chi connectivity index (χ3n) is 4.61. The number of hydrogen-bond donors (Lipinski definition) is 2. The molecule has 0 aromatic carbocycles. The molecule has 8 nitrogen and oxygen atoms in total. The number of unbranched alkanes of at least 4 members (excludes halogenated alkanes) is 3. The van der Waals surface area contributed by atoms with Crippen molar-refractivity contribution in [2.45, 2.75) is 50.6 Å². The van der Waals surface area contributed by atoms with Crippen molar-refractivity contribution in [1.82, 2.24) is 10.6 Å². The van der Waals surface area contributed by atoms with Gasteiger partial charge in [0.05, 0.1) is 36.2 Å². The van der Waals surface area contributed by atoms with E-state index >= 15 is 0 Å². The fourth-order valence-electron chi connectivity index (χ4n) is 3.12. The van der Waals surface area contributed by atoms with Gasteiger partial charge in [0.2, 0.25) is 0 Å². The van der Waals surface area contributed by atoms with Crippen molar-refractivity contribution in [2.75, 3.05) is 36.2 Å². The monoisotopic (exact) mass is 472 g/mol. The highest BCUT2D eigenvalue weighted by Crippen LogP contribution is 2.12. The fourth-order valence-corrected chi connectivity index (χ4v) is 6.97. The molecule has 2 fully saturated rings. The molecule has 2 atom stereocenters. The van der Waals surface area contributed by atoms with Crippen molar-refractivity contribution in [3.8, 4) is 0 Å². The molecule has 0 aliphatic carbocycles.